The van der Waals surface area contributed by atoms with Gasteiger partial charge in [-0.05, 0) is 20.2 Å². The van der Waals surface area contributed by atoms with E-state index < -0.39 is 39.3 Å². The smallest absolute Gasteiger partial charge is 0.462 e. The Morgan fingerprint density at radius 1 is 1.05 bits per heavy atom. The van der Waals surface area contributed by atoms with Gasteiger partial charge >= 0.3 is 19.1 Å². The van der Waals surface area contributed by atoms with Crippen LogP contribution in [0.2, 0.25) is 26.0 Å². The Kier molecular flexibility index (Phi) is 7.31. The Labute approximate surface area is 133 Å². The summed E-state index contributed by atoms with van der Waals surface area (Å²) in [5.41, 5.74) is 2.16. The zero-order valence-corrected chi connectivity index (χ0v) is 15.0. The van der Waals surface area contributed by atoms with Crippen molar-refractivity contribution in [2.45, 2.75) is 52.0 Å². The molecular weight excluding hydrogens is 303 g/mol. The fourth-order valence-corrected chi connectivity index (χ4v) is 2.80. The molecule has 1 heterocycles. The lowest BCUT2D eigenvalue weighted by Crippen LogP contribution is -2.39. The Morgan fingerprint density at radius 2 is 1.50 bits per heavy atom. The van der Waals surface area contributed by atoms with Crippen LogP contribution >= 0.6 is 0 Å². The maximum atomic E-state index is 11.9. The highest BCUT2D eigenvalue weighted by atomic mass is 28.3. The molecule has 124 valence electrons. The molecule has 0 saturated carbocycles. The number of rotatable bonds is 7. The van der Waals surface area contributed by atoms with Gasteiger partial charge in [-0.15, -0.1) is 0 Å². The second kappa shape index (κ2) is 8.50. The van der Waals surface area contributed by atoms with E-state index in [2.05, 4.69) is 25.3 Å². The average Bonchev–Trinajstić information content (AvgIpc) is 2.82. The van der Waals surface area contributed by atoms with Gasteiger partial charge in [0.25, 0.3) is 0 Å². The van der Waals surface area contributed by atoms with E-state index in [0.717, 1.165) is 0 Å². The first kappa shape index (κ1) is 18.9. The molecule has 1 aliphatic heterocycles. The average molecular weight is 328 g/mol. The monoisotopic (exact) mass is 328 g/mol. The molecule has 1 rings (SSSR count). The van der Waals surface area contributed by atoms with Crippen LogP contribution in [0, 0.1) is 0 Å². The molecule has 1 aliphatic rings. The topological polar surface area (TPSA) is 71.1 Å². The molecule has 2 atom stereocenters. The van der Waals surface area contributed by atoms with Crippen molar-refractivity contribution in [3.8, 4) is 0 Å². The quantitative estimate of drug-likeness (QED) is 0.524. The summed E-state index contributed by atoms with van der Waals surface area (Å²) in [5.74, 6) is -1.20. The van der Waals surface area contributed by atoms with Gasteiger partial charge in [0.05, 0.1) is 21.3 Å². The van der Waals surface area contributed by atoms with Gasteiger partial charge in [-0.3, -0.25) is 0 Å². The third-order valence-electron chi connectivity index (χ3n) is 2.86. The molecule has 8 heteroatoms. The van der Waals surface area contributed by atoms with Crippen LogP contribution in [0.5, 0.6) is 0 Å². The lowest BCUT2D eigenvalue weighted by Gasteiger charge is -2.15. The molecule has 0 aromatic heterocycles. The molecule has 0 amide bonds. The Bertz CT molecular complexity index is 394. The van der Waals surface area contributed by atoms with Gasteiger partial charge in [0, 0.05) is 0 Å². The molecule has 22 heavy (non-hydrogen) atoms. The summed E-state index contributed by atoms with van der Waals surface area (Å²) in [6.45, 7) is 10.5. The van der Waals surface area contributed by atoms with Crippen LogP contribution in [-0.4, -0.2) is 52.6 Å². The van der Waals surface area contributed by atoms with Gasteiger partial charge in [-0.25, -0.2) is 9.59 Å². The van der Waals surface area contributed by atoms with E-state index in [1.165, 1.54) is 0 Å². The lowest BCUT2D eigenvalue weighted by atomic mass is 9.85. The van der Waals surface area contributed by atoms with Crippen LogP contribution in [0.1, 0.15) is 13.8 Å². The first-order valence-corrected chi connectivity index (χ1v) is 11.2. The van der Waals surface area contributed by atoms with E-state index >= 15 is 0 Å². The summed E-state index contributed by atoms with van der Waals surface area (Å²) in [5, 5.41) is 0. The minimum Gasteiger partial charge on any atom is -0.464 e. The van der Waals surface area contributed by atoms with Crippen LogP contribution in [0.25, 0.3) is 0 Å². The van der Waals surface area contributed by atoms with Crippen LogP contribution in [0.4, 0.5) is 0 Å². The van der Waals surface area contributed by atoms with E-state index in [1.807, 2.05) is 6.08 Å². The molecule has 0 unspecified atom stereocenters. The zero-order chi connectivity index (χ0) is 16.8. The highest BCUT2D eigenvalue weighted by Gasteiger charge is 2.48. The number of esters is 2. The minimum absolute atomic E-state index is 0.217. The summed E-state index contributed by atoms with van der Waals surface area (Å²) < 4.78 is 20.9. The lowest BCUT2D eigenvalue weighted by molar-refractivity contribution is -0.163. The number of ether oxygens (including phenoxy) is 2. The molecule has 6 nitrogen and oxygen atoms in total. The fourth-order valence-electron chi connectivity index (χ4n) is 1.95. The minimum atomic E-state index is -1.31. The second-order valence-electron chi connectivity index (χ2n) is 6.05. The molecule has 0 radical (unpaired) electrons. The van der Waals surface area contributed by atoms with Crippen LogP contribution in [0.15, 0.2) is 11.8 Å². The van der Waals surface area contributed by atoms with E-state index in [0.29, 0.717) is 6.32 Å². The Hall–Kier alpha value is -1.12. The summed E-state index contributed by atoms with van der Waals surface area (Å²) in [7, 11) is -1.95. The van der Waals surface area contributed by atoms with Gasteiger partial charge in [-0.1, -0.05) is 31.4 Å². The maximum Gasteiger partial charge on any atom is 0.462 e. The molecule has 1 fully saturated rings. The van der Waals surface area contributed by atoms with Crippen molar-refractivity contribution in [1.29, 1.82) is 0 Å². The van der Waals surface area contributed by atoms with Crippen molar-refractivity contribution in [2.24, 2.45) is 0 Å². The third kappa shape index (κ3) is 5.94. The normalized spacial score (nSPS) is 22.1. The van der Waals surface area contributed by atoms with Crippen molar-refractivity contribution in [3.63, 3.8) is 0 Å². The van der Waals surface area contributed by atoms with Crippen LogP contribution < -0.4 is 0 Å². The first-order valence-electron chi connectivity index (χ1n) is 7.60. The van der Waals surface area contributed by atoms with Crippen molar-refractivity contribution < 1.29 is 28.4 Å². The zero-order valence-electron chi connectivity index (χ0n) is 14.0. The molecule has 0 aliphatic carbocycles. The summed E-state index contributed by atoms with van der Waals surface area (Å²) in [4.78, 5) is 23.8. The van der Waals surface area contributed by atoms with Crippen molar-refractivity contribution in [1.82, 2.24) is 0 Å². The number of carbonyl (C=O) groups is 2. The highest BCUT2D eigenvalue weighted by Crippen LogP contribution is 2.22. The van der Waals surface area contributed by atoms with Crippen LogP contribution in [-0.2, 0) is 28.4 Å². The molecule has 0 spiro atoms. The third-order valence-corrected chi connectivity index (χ3v) is 4.09. The molecule has 0 bridgehead atoms. The number of allylic oxidation sites excluding steroid dienone is 1. The van der Waals surface area contributed by atoms with Gasteiger partial charge < -0.3 is 18.8 Å². The van der Waals surface area contributed by atoms with Crippen LogP contribution in [0.3, 0.4) is 0 Å². The standard InChI is InChI=1S/C14H25BO6Si/c1-6-18-13(16)11-12(14(17)19-7-2)21-15(20-11)9-8-10-22(3,4)5/h8,10-12H,6-7,9H2,1-5H3/b10-8+/t11-,12-/m1/s1. The van der Waals surface area contributed by atoms with Gasteiger partial charge in [0.1, 0.15) is 0 Å². The van der Waals surface area contributed by atoms with Crippen molar-refractivity contribution in [2.75, 3.05) is 13.2 Å². The SMILES string of the molecule is CCOC(=O)[C@@H]1OB(C/C=C/[Si](C)(C)C)O[C@H]1C(=O)OCC. The highest BCUT2D eigenvalue weighted by molar-refractivity contribution is 6.81. The van der Waals surface area contributed by atoms with E-state index in [9.17, 15) is 9.59 Å². The van der Waals surface area contributed by atoms with Gasteiger partial charge in [-0.2, -0.15) is 0 Å². The Balaban J connectivity index is 2.71. The number of hydrogen-bond donors (Lipinski definition) is 0. The molecule has 0 N–H and O–H groups in total. The van der Waals surface area contributed by atoms with Gasteiger partial charge in [0.15, 0.2) is 12.2 Å². The predicted octanol–water partition coefficient (Wildman–Crippen LogP) is 1.82. The van der Waals surface area contributed by atoms with Crippen molar-refractivity contribution in [3.05, 3.63) is 11.8 Å². The number of hydrogen-bond acceptors (Lipinski definition) is 6. The fraction of sp³-hybridized carbons (Fsp3) is 0.714. The molecule has 0 aromatic carbocycles. The maximum absolute atomic E-state index is 11.9. The van der Waals surface area contributed by atoms with Crippen molar-refractivity contribution >= 4 is 27.1 Å². The summed E-state index contributed by atoms with van der Waals surface area (Å²) >= 11 is 0. The largest absolute Gasteiger partial charge is 0.464 e. The summed E-state index contributed by atoms with van der Waals surface area (Å²) in [6, 6.07) is 0. The Morgan fingerprint density at radius 3 is 1.86 bits per heavy atom. The van der Waals surface area contributed by atoms with E-state index in [4.69, 9.17) is 18.8 Å². The molecule has 0 aromatic rings. The second-order valence-corrected chi connectivity index (χ2v) is 11.1. The molecule has 1 saturated heterocycles. The molecular formula is C14H25BO6Si. The van der Waals surface area contributed by atoms with E-state index in [1.54, 1.807) is 13.8 Å². The predicted molar refractivity (Wildman–Crippen MR) is 86.1 cm³/mol. The van der Waals surface area contributed by atoms with E-state index in [-0.39, 0.29) is 13.2 Å². The summed E-state index contributed by atoms with van der Waals surface area (Å²) in [6.07, 6.45) is 0.330. The number of carbonyl (C=O) groups excluding carboxylic acids is 2. The van der Waals surface area contributed by atoms with Gasteiger partial charge in [0.2, 0.25) is 0 Å². The first-order chi connectivity index (χ1) is 10.3.